The van der Waals surface area contributed by atoms with Crippen LogP contribution in [-0.4, -0.2) is 29.2 Å². The summed E-state index contributed by atoms with van der Waals surface area (Å²) in [6.07, 6.45) is 2.93. The highest BCUT2D eigenvalue weighted by Gasteiger charge is 2.11. The summed E-state index contributed by atoms with van der Waals surface area (Å²) in [7, 11) is 0. The predicted molar refractivity (Wildman–Crippen MR) is 95.8 cm³/mol. The third kappa shape index (κ3) is 3.27. The van der Waals surface area contributed by atoms with Crippen LogP contribution in [0.5, 0.6) is 0 Å². The van der Waals surface area contributed by atoms with Gasteiger partial charge in [0.05, 0.1) is 17.4 Å². The van der Waals surface area contributed by atoms with E-state index in [4.69, 9.17) is 0 Å². The summed E-state index contributed by atoms with van der Waals surface area (Å²) in [5.41, 5.74) is 2.45. The fraction of sp³-hybridized carbons (Fsp3) is 0.286. The van der Waals surface area contributed by atoms with Crippen LogP contribution in [0, 0.1) is 6.92 Å². The van der Waals surface area contributed by atoms with Crippen LogP contribution in [0.25, 0.3) is 11.0 Å². The van der Waals surface area contributed by atoms with Crippen molar-refractivity contribution in [3.8, 4) is 0 Å². The van der Waals surface area contributed by atoms with Crippen molar-refractivity contribution in [2.24, 2.45) is 0 Å². The molecule has 22 heavy (non-hydrogen) atoms. The lowest BCUT2D eigenvalue weighted by Gasteiger charge is -2.04. The number of anilines is 1. The van der Waals surface area contributed by atoms with E-state index < -0.39 is 0 Å². The molecule has 0 atom stereocenters. The molecule has 0 radical (unpaired) electrons. The summed E-state index contributed by atoms with van der Waals surface area (Å²) < 4.78 is 7.27. The molecule has 0 saturated carbocycles. The fourth-order valence-corrected chi connectivity index (χ4v) is 3.04. The van der Waals surface area contributed by atoms with E-state index in [9.17, 15) is 4.79 Å². The third-order valence-electron chi connectivity index (χ3n) is 3.16. The second-order valence-electron chi connectivity index (χ2n) is 4.78. The lowest BCUT2D eigenvalue weighted by molar-refractivity contribution is 0.102. The highest BCUT2D eigenvalue weighted by atomic mass is 127. The van der Waals surface area contributed by atoms with Gasteiger partial charge in [0.1, 0.15) is 5.82 Å². The second kappa shape index (κ2) is 6.69. The molecule has 8 heteroatoms. The zero-order valence-corrected chi connectivity index (χ0v) is 14.9. The van der Waals surface area contributed by atoms with Crippen molar-refractivity contribution in [1.29, 1.82) is 0 Å². The smallest absolute Gasteiger partial charge is 0.257 e. The van der Waals surface area contributed by atoms with Crippen LogP contribution in [-0.2, 0) is 6.54 Å². The van der Waals surface area contributed by atoms with Gasteiger partial charge in [-0.3, -0.25) is 10.1 Å². The van der Waals surface area contributed by atoms with Crippen LogP contribution in [0.3, 0.4) is 0 Å². The molecule has 1 amide bonds. The van der Waals surface area contributed by atoms with Crippen molar-refractivity contribution in [2.75, 3.05) is 9.74 Å². The van der Waals surface area contributed by atoms with Crippen LogP contribution in [0.15, 0.2) is 24.5 Å². The molecule has 0 aliphatic carbocycles. The van der Waals surface area contributed by atoms with Crippen LogP contribution in [0.1, 0.15) is 22.6 Å². The van der Waals surface area contributed by atoms with Crippen molar-refractivity contribution in [1.82, 2.24) is 18.9 Å². The standard InChI is InChI=1S/C14H14IN5OS/c1-9-17-14(22-19-9)18-13(21)10-3-4-12-11(7-10)16-8-20(12)6-2-5-15/h3-4,7-8H,2,5-6H2,1H3,(H,17,18,19,21). The van der Waals surface area contributed by atoms with Gasteiger partial charge in [-0.15, -0.1) is 0 Å². The Morgan fingerprint density at radius 3 is 3.05 bits per heavy atom. The molecule has 114 valence electrons. The number of rotatable bonds is 5. The zero-order valence-electron chi connectivity index (χ0n) is 11.9. The Balaban J connectivity index is 1.81. The molecule has 1 aromatic carbocycles. The monoisotopic (exact) mass is 427 g/mol. The second-order valence-corrected chi connectivity index (χ2v) is 6.62. The molecule has 0 aliphatic rings. The zero-order chi connectivity index (χ0) is 15.5. The molecule has 2 aromatic heterocycles. The van der Waals surface area contributed by atoms with Crippen molar-refractivity contribution < 1.29 is 4.79 Å². The van der Waals surface area contributed by atoms with E-state index in [-0.39, 0.29) is 5.91 Å². The average molecular weight is 427 g/mol. The molecule has 3 aromatic rings. The number of carbonyl (C=O) groups is 1. The molecule has 2 heterocycles. The normalized spacial score (nSPS) is 11.0. The Kier molecular flexibility index (Phi) is 4.67. The van der Waals surface area contributed by atoms with E-state index >= 15 is 0 Å². The van der Waals surface area contributed by atoms with Gasteiger partial charge in [-0.1, -0.05) is 22.6 Å². The molecule has 6 nitrogen and oxygen atoms in total. The first-order valence-corrected chi connectivity index (χ1v) is 9.10. The van der Waals surface area contributed by atoms with Gasteiger partial charge >= 0.3 is 0 Å². The van der Waals surface area contributed by atoms with Gasteiger partial charge in [0, 0.05) is 28.1 Å². The van der Waals surface area contributed by atoms with Gasteiger partial charge in [0.2, 0.25) is 5.13 Å². The number of hydrogen-bond donors (Lipinski definition) is 1. The Morgan fingerprint density at radius 1 is 1.45 bits per heavy atom. The number of halogens is 1. The summed E-state index contributed by atoms with van der Waals surface area (Å²) in [6.45, 7) is 2.73. The first-order chi connectivity index (χ1) is 10.7. The lowest BCUT2D eigenvalue weighted by atomic mass is 10.2. The van der Waals surface area contributed by atoms with Crippen molar-refractivity contribution in [3.63, 3.8) is 0 Å². The first-order valence-electron chi connectivity index (χ1n) is 6.80. The molecule has 3 rings (SSSR count). The number of alkyl halides is 1. The third-order valence-corrected chi connectivity index (χ3v) is 4.65. The predicted octanol–water partition coefficient (Wildman–Crippen LogP) is 3.27. The Labute approximate surface area is 145 Å². The Hall–Kier alpha value is -1.55. The van der Waals surface area contributed by atoms with E-state index in [2.05, 4.69) is 46.8 Å². The number of imidazole rings is 1. The number of amides is 1. The maximum absolute atomic E-state index is 12.2. The number of benzene rings is 1. The Morgan fingerprint density at radius 2 is 2.32 bits per heavy atom. The van der Waals surface area contributed by atoms with Crippen molar-refractivity contribution in [2.45, 2.75) is 19.9 Å². The quantitative estimate of drug-likeness (QED) is 0.501. The van der Waals surface area contributed by atoms with Gasteiger partial charge in [-0.25, -0.2) is 9.97 Å². The van der Waals surface area contributed by atoms with E-state index in [1.807, 2.05) is 18.5 Å². The minimum absolute atomic E-state index is 0.195. The largest absolute Gasteiger partial charge is 0.331 e. The van der Waals surface area contributed by atoms with Crippen LogP contribution >= 0.6 is 34.1 Å². The molecule has 0 spiro atoms. The maximum Gasteiger partial charge on any atom is 0.257 e. The van der Waals surface area contributed by atoms with Crippen LogP contribution in [0.2, 0.25) is 0 Å². The summed E-state index contributed by atoms with van der Waals surface area (Å²) >= 11 is 3.54. The number of fused-ring (bicyclic) bond motifs is 1. The van der Waals surface area contributed by atoms with Gasteiger partial charge in [0.15, 0.2) is 0 Å². The maximum atomic E-state index is 12.2. The highest BCUT2D eigenvalue weighted by molar-refractivity contribution is 14.1. The van der Waals surface area contributed by atoms with Gasteiger partial charge < -0.3 is 4.57 Å². The number of aromatic nitrogens is 4. The fourth-order valence-electron chi connectivity index (χ4n) is 2.13. The molecule has 0 bridgehead atoms. The van der Waals surface area contributed by atoms with Crippen LogP contribution < -0.4 is 5.32 Å². The Bertz CT molecular complexity index is 813. The van der Waals surface area contributed by atoms with Crippen molar-refractivity contribution in [3.05, 3.63) is 35.9 Å². The van der Waals surface area contributed by atoms with Crippen molar-refractivity contribution >= 4 is 56.2 Å². The topological polar surface area (TPSA) is 72.7 Å². The number of hydrogen-bond acceptors (Lipinski definition) is 5. The average Bonchev–Trinajstić information content (AvgIpc) is 3.10. The summed E-state index contributed by atoms with van der Waals surface area (Å²) in [5, 5.41) is 3.26. The van der Waals surface area contributed by atoms with Crippen LogP contribution in [0.4, 0.5) is 5.13 Å². The minimum atomic E-state index is -0.195. The molecule has 0 aliphatic heterocycles. The van der Waals surface area contributed by atoms with Gasteiger partial charge in [-0.05, 0) is 31.5 Å². The highest BCUT2D eigenvalue weighted by Crippen LogP contribution is 2.17. The molecule has 0 fully saturated rings. The summed E-state index contributed by atoms with van der Waals surface area (Å²) in [6, 6.07) is 5.56. The molecule has 1 N–H and O–H groups in total. The van der Waals surface area contributed by atoms with E-state index in [0.29, 0.717) is 16.5 Å². The summed E-state index contributed by atoms with van der Waals surface area (Å²) in [5.74, 6) is 0.463. The summed E-state index contributed by atoms with van der Waals surface area (Å²) in [4.78, 5) is 20.8. The van der Waals surface area contributed by atoms with Gasteiger partial charge in [-0.2, -0.15) is 4.37 Å². The van der Waals surface area contributed by atoms with E-state index in [1.165, 1.54) is 11.5 Å². The minimum Gasteiger partial charge on any atom is -0.331 e. The number of carbonyl (C=O) groups excluding carboxylic acids is 1. The van der Waals surface area contributed by atoms with E-state index in [1.54, 1.807) is 13.0 Å². The number of nitrogens with one attached hydrogen (secondary N) is 1. The molecular formula is C14H14IN5OS. The number of aryl methyl sites for hydroxylation is 2. The molecule has 0 saturated heterocycles. The SMILES string of the molecule is Cc1nsc(NC(=O)c2ccc3c(c2)ncn3CCCI)n1. The van der Waals surface area contributed by atoms with E-state index in [0.717, 1.165) is 28.4 Å². The lowest BCUT2D eigenvalue weighted by Crippen LogP contribution is -2.11. The molecule has 0 unspecified atom stereocenters. The molecular weight excluding hydrogens is 413 g/mol. The van der Waals surface area contributed by atoms with Gasteiger partial charge in [0.25, 0.3) is 5.91 Å². The number of nitrogens with zero attached hydrogens (tertiary/aromatic N) is 4. The first kappa shape index (κ1) is 15.3.